The number of carbonyl (C=O) groups is 2. The first-order valence-corrected chi connectivity index (χ1v) is 7.12. The second kappa shape index (κ2) is 6.80. The smallest absolute Gasteiger partial charge is 0.409 e. The number of benzene rings is 1. The van der Waals surface area contributed by atoms with Crippen LogP contribution in [-0.2, 0) is 14.3 Å². The molecule has 0 aliphatic carbocycles. The number of nitrogens with zero attached hydrogens (tertiary/aromatic N) is 1. The number of rotatable bonds is 2. The molecule has 1 amide bonds. The summed E-state index contributed by atoms with van der Waals surface area (Å²) in [5, 5.41) is 0.628. The Bertz CT molecular complexity index is 517. The number of amides is 1. The van der Waals surface area contributed by atoms with Crippen LogP contribution in [0.15, 0.2) is 24.3 Å². The highest BCUT2D eigenvalue weighted by Gasteiger charge is 2.36. The number of hydrogen-bond donors (Lipinski definition) is 0. The molecule has 2 rings (SSSR count). The van der Waals surface area contributed by atoms with Crippen LogP contribution < -0.4 is 0 Å². The van der Waals surface area contributed by atoms with E-state index in [1.165, 1.54) is 14.2 Å². The molecule has 5 nitrogen and oxygen atoms in total. The first-order chi connectivity index (χ1) is 10.1. The maximum Gasteiger partial charge on any atom is 0.409 e. The molecule has 2 unspecified atom stereocenters. The molecule has 0 N–H and O–H groups in total. The summed E-state index contributed by atoms with van der Waals surface area (Å²) in [6, 6.07) is 7.06. The Morgan fingerprint density at radius 1 is 1.19 bits per heavy atom. The van der Waals surface area contributed by atoms with Gasteiger partial charge in [-0.1, -0.05) is 23.7 Å². The third-order valence-corrected chi connectivity index (χ3v) is 4.05. The highest BCUT2D eigenvalue weighted by Crippen LogP contribution is 2.35. The first-order valence-electron chi connectivity index (χ1n) is 6.74. The molecule has 0 spiro atoms. The predicted octanol–water partition coefficient (Wildman–Crippen LogP) is 3.03. The topological polar surface area (TPSA) is 55.8 Å². The fourth-order valence-corrected chi connectivity index (χ4v) is 2.81. The van der Waals surface area contributed by atoms with Gasteiger partial charge in [0, 0.05) is 11.6 Å². The van der Waals surface area contributed by atoms with Crippen molar-refractivity contribution in [1.82, 2.24) is 4.90 Å². The van der Waals surface area contributed by atoms with Gasteiger partial charge < -0.3 is 14.4 Å². The van der Waals surface area contributed by atoms with E-state index in [0.29, 0.717) is 24.4 Å². The second-order valence-corrected chi connectivity index (χ2v) is 5.41. The number of methoxy groups -OCH3 is 2. The molecule has 1 aliphatic rings. The van der Waals surface area contributed by atoms with Crippen molar-refractivity contribution in [2.45, 2.75) is 18.9 Å². The molecule has 21 heavy (non-hydrogen) atoms. The summed E-state index contributed by atoms with van der Waals surface area (Å²) in [4.78, 5) is 25.3. The molecule has 0 saturated carbocycles. The van der Waals surface area contributed by atoms with Gasteiger partial charge in [-0.05, 0) is 30.5 Å². The fraction of sp³-hybridized carbons (Fsp3) is 0.467. The van der Waals surface area contributed by atoms with Crippen LogP contribution in [0.5, 0.6) is 0 Å². The molecule has 1 fully saturated rings. The van der Waals surface area contributed by atoms with Crippen LogP contribution in [0.4, 0.5) is 4.79 Å². The summed E-state index contributed by atoms with van der Waals surface area (Å²) >= 11 is 5.90. The van der Waals surface area contributed by atoms with Crippen LogP contribution in [0.2, 0.25) is 5.02 Å². The van der Waals surface area contributed by atoms with Gasteiger partial charge in [0.15, 0.2) is 0 Å². The summed E-state index contributed by atoms with van der Waals surface area (Å²) < 4.78 is 9.65. The van der Waals surface area contributed by atoms with Crippen molar-refractivity contribution in [2.24, 2.45) is 5.92 Å². The SMILES string of the molecule is COC(=O)C1CCN(C(=O)OC)C(c2ccc(Cl)cc2)C1. The molecule has 0 radical (unpaired) electrons. The molecule has 1 saturated heterocycles. The van der Waals surface area contributed by atoms with Crippen LogP contribution in [0, 0.1) is 5.92 Å². The van der Waals surface area contributed by atoms with Gasteiger partial charge in [0.1, 0.15) is 0 Å². The molecule has 1 aromatic carbocycles. The number of hydrogen-bond acceptors (Lipinski definition) is 4. The van der Waals surface area contributed by atoms with Crippen molar-refractivity contribution in [3.05, 3.63) is 34.9 Å². The lowest BCUT2D eigenvalue weighted by molar-refractivity contribution is -0.147. The minimum absolute atomic E-state index is 0.211. The van der Waals surface area contributed by atoms with Gasteiger partial charge in [0.05, 0.1) is 26.2 Å². The monoisotopic (exact) mass is 311 g/mol. The summed E-state index contributed by atoms with van der Waals surface area (Å²) in [7, 11) is 2.74. The quantitative estimate of drug-likeness (QED) is 0.788. The number of carbonyl (C=O) groups excluding carboxylic acids is 2. The number of piperidine rings is 1. The molecular weight excluding hydrogens is 294 g/mol. The average molecular weight is 312 g/mol. The lowest BCUT2D eigenvalue weighted by Gasteiger charge is -2.37. The predicted molar refractivity (Wildman–Crippen MR) is 78.0 cm³/mol. The number of ether oxygens (including phenoxy) is 2. The van der Waals surface area contributed by atoms with Crippen molar-refractivity contribution in [3.8, 4) is 0 Å². The van der Waals surface area contributed by atoms with Gasteiger partial charge in [0.25, 0.3) is 0 Å². The van der Waals surface area contributed by atoms with E-state index in [1.54, 1.807) is 17.0 Å². The molecule has 1 aliphatic heterocycles. The average Bonchev–Trinajstić information content (AvgIpc) is 2.53. The van der Waals surface area contributed by atoms with Gasteiger partial charge in [0.2, 0.25) is 0 Å². The molecule has 6 heteroatoms. The molecule has 0 bridgehead atoms. The minimum atomic E-state index is -0.390. The Balaban J connectivity index is 2.26. The summed E-state index contributed by atoms with van der Waals surface area (Å²) in [6.45, 7) is 0.458. The normalized spacial score (nSPS) is 21.8. The van der Waals surface area contributed by atoms with Crippen molar-refractivity contribution in [2.75, 3.05) is 20.8 Å². The van der Waals surface area contributed by atoms with Crippen LogP contribution >= 0.6 is 11.6 Å². The van der Waals surface area contributed by atoms with Crippen molar-refractivity contribution in [1.29, 1.82) is 0 Å². The molecule has 114 valence electrons. The Labute approximate surface area is 128 Å². The van der Waals surface area contributed by atoms with Gasteiger partial charge in [-0.2, -0.15) is 0 Å². The Morgan fingerprint density at radius 3 is 2.43 bits per heavy atom. The Kier molecular flexibility index (Phi) is 5.07. The third-order valence-electron chi connectivity index (χ3n) is 3.80. The van der Waals surface area contributed by atoms with Crippen LogP contribution in [0.3, 0.4) is 0 Å². The van der Waals surface area contributed by atoms with E-state index < -0.39 is 6.09 Å². The van der Waals surface area contributed by atoms with Crippen molar-refractivity contribution >= 4 is 23.7 Å². The minimum Gasteiger partial charge on any atom is -0.469 e. The molecule has 1 aromatic rings. The van der Waals surface area contributed by atoms with E-state index in [-0.39, 0.29) is 17.9 Å². The summed E-state index contributed by atoms with van der Waals surface area (Å²) in [5.41, 5.74) is 0.929. The Hall–Kier alpha value is -1.75. The van der Waals surface area contributed by atoms with Gasteiger partial charge in [-0.3, -0.25) is 4.79 Å². The largest absolute Gasteiger partial charge is 0.469 e. The Morgan fingerprint density at radius 2 is 1.86 bits per heavy atom. The maximum absolute atomic E-state index is 11.9. The first kappa shape index (κ1) is 15.6. The van der Waals surface area contributed by atoms with E-state index in [1.807, 2.05) is 12.1 Å². The van der Waals surface area contributed by atoms with E-state index >= 15 is 0 Å². The highest BCUT2D eigenvalue weighted by molar-refractivity contribution is 6.30. The van der Waals surface area contributed by atoms with Crippen molar-refractivity contribution in [3.63, 3.8) is 0 Å². The molecule has 0 aromatic heterocycles. The highest BCUT2D eigenvalue weighted by atomic mass is 35.5. The van der Waals surface area contributed by atoms with Crippen LogP contribution in [0.25, 0.3) is 0 Å². The zero-order valence-electron chi connectivity index (χ0n) is 12.0. The zero-order chi connectivity index (χ0) is 15.4. The van der Waals surface area contributed by atoms with Crippen molar-refractivity contribution < 1.29 is 19.1 Å². The molecular formula is C15H18ClNO4. The van der Waals surface area contributed by atoms with Crippen LogP contribution in [0.1, 0.15) is 24.4 Å². The van der Waals surface area contributed by atoms with Gasteiger partial charge in [-0.25, -0.2) is 4.79 Å². The maximum atomic E-state index is 11.9. The summed E-state index contributed by atoms with van der Waals surface area (Å²) in [5.74, 6) is -0.449. The number of halogens is 1. The summed E-state index contributed by atoms with van der Waals surface area (Å²) in [6.07, 6.45) is 0.702. The van der Waals surface area contributed by atoms with E-state index in [9.17, 15) is 9.59 Å². The molecule has 1 heterocycles. The van der Waals surface area contributed by atoms with Gasteiger partial charge in [-0.15, -0.1) is 0 Å². The lowest BCUT2D eigenvalue weighted by Crippen LogP contribution is -2.42. The zero-order valence-corrected chi connectivity index (χ0v) is 12.8. The molecule has 2 atom stereocenters. The van der Waals surface area contributed by atoms with E-state index in [0.717, 1.165) is 5.56 Å². The second-order valence-electron chi connectivity index (χ2n) is 4.98. The standard InChI is InChI=1S/C15H18ClNO4/c1-20-14(18)11-7-8-17(15(19)21-2)13(9-11)10-3-5-12(16)6-4-10/h3-6,11,13H,7-9H2,1-2H3. The fourth-order valence-electron chi connectivity index (χ4n) is 2.68. The van der Waals surface area contributed by atoms with E-state index in [4.69, 9.17) is 21.1 Å². The third kappa shape index (κ3) is 3.47. The number of likely N-dealkylation sites (tertiary alicyclic amines) is 1. The van der Waals surface area contributed by atoms with Crippen LogP contribution in [-0.4, -0.2) is 37.7 Å². The number of esters is 1. The van der Waals surface area contributed by atoms with Gasteiger partial charge >= 0.3 is 12.1 Å². The van der Waals surface area contributed by atoms with E-state index in [2.05, 4.69) is 0 Å². The lowest BCUT2D eigenvalue weighted by atomic mass is 9.87.